The standard InChI is InChI=1S/C21H22F3N3O2/c1-5-10-25-19(16-8-11-27(12-9-16)20(28)14(2)22)15(3)29-17-6-7-18(26-13-17)21(4,23)24/h5-8,10,13H,2-3,9,11-12H2,1,4H3/b10-5-,25-19+. The van der Waals surface area contributed by atoms with Crippen molar-refractivity contribution in [2.24, 2.45) is 4.99 Å². The van der Waals surface area contributed by atoms with Crippen LogP contribution >= 0.6 is 0 Å². The Hall–Kier alpha value is -3.16. The van der Waals surface area contributed by atoms with E-state index in [1.54, 1.807) is 25.3 Å². The van der Waals surface area contributed by atoms with Crippen LogP contribution in [0.3, 0.4) is 0 Å². The molecular formula is C21H22F3N3O2. The number of pyridine rings is 1. The zero-order chi connectivity index (χ0) is 21.6. The normalized spacial score (nSPS) is 15.3. The fraction of sp³-hybridized carbons (Fsp3) is 0.286. The molecule has 2 rings (SSSR count). The monoisotopic (exact) mass is 405 g/mol. The van der Waals surface area contributed by atoms with E-state index in [0.29, 0.717) is 12.1 Å². The Labute approximate surface area is 167 Å². The first kappa shape index (κ1) is 22.1. The molecule has 5 nitrogen and oxygen atoms in total. The van der Waals surface area contributed by atoms with Gasteiger partial charge in [-0.25, -0.2) is 4.39 Å². The zero-order valence-corrected chi connectivity index (χ0v) is 16.3. The number of ether oxygens (including phenoxy) is 1. The molecule has 29 heavy (non-hydrogen) atoms. The molecule has 2 heterocycles. The number of halogens is 3. The van der Waals surface area contributed by atoms with Crippen molar-refractivity contribution < 1.29 is 22.7 Å². The second kappa shape index (κ2) is 9.36. The molecule has 0 bridgehead atoms. The molecule has 0 N–H and O–H groups in total. The smallest absolute Gasteiger partial charge is 0.286 e. The summed E-state index contributed by atoms with van der Waals surface area (Å²) in [5.74, 6) is -4.37. The number of hydrogen-bond acceptors (Lipinski definition) is 4. The van der Waals surface area contributed by atoms with Crippen molar-refractivity contribution >= 4 is 11.6 Å². The summed E-state index contributed by atoms with van der Waals surface area (Å²) >= 11 is 0. The fourth-order valence-corrected chi connectivity index (χ4v) is 2.61. The van der Waals surface area contributed by atoms with Crippen LogP contribution in [0, 0.1) is 0 Å². The highest BCUT2D eigenvalue weighted by atomic mass is 19.3. The molecule has 0 aromatic carbocycles. The summed E-state index contributed by atoms with van der Waals surface area (Å²) in [6.45, 7) is 9.94. The third kappa shape index (κ3) is 5.91. The van der Waals surface area contributed by atoms with Gasteiger partial charge in [-0.05, 0) is 31.1 Å². The second-order valence-electron chi connectivity index (χ2n) is 6.39. The second-order valence-corrected chi connectivity index (χ2v) is 6.39. The number of aliphatic imine (C=N–C) groups is 1. The van der Waals surface area contributed by atoms with E-state index in [0.717, 1.165) is 12.5 Å². The van der Waals surface area contributed by atoms with Crippen molar-refractivity contribution in [1.82, 2.24) is 9.88 Å². The van der Waals surface area contributed by atoms with Gasteiger partial charge in [-0.15, -0.1) is 0 Å². The van der Waals surface area contributed by atoms with Gasteiger partial charge in [0.1, 0.15) is 22.9 Å². The Morgan fingerprint density at radius 1 is 1.38 bits per heavy atom. The summed E-state index contributed by atoms with van der Waals surface area (Å²) in [4.78, 5) is 21.1. The minimum Gasteiger partial charge on any atom is -0.454 e. The van der Waals surface area contributed by atoms with E-state index in [2.05, 4.69) is 23.1 Å². The molecule has 1 aromatic heterocycles. The molecule has 0 atom stereocenters. The SMILES string of the molecule is C=C(F)C(=O)N1CC=C(/C(=N/C=C\C)C(=C)Oc2ccc(C(C)(F)F)nc2)CC1. The van der Waals surface area contributed by atoms with E-state index in [1.165, 1.54) is 23.2 Å². The Bertz CT molecular complexity index is 881. The molecule has 0 radical (unpaired) electrons. The van der Waals surface area contributed by atoms with Crippen molar-refractivity contribution in [2.75, 3.05) is 13.1 Å². The lowest BCUT2D eigenvalue weighted by atomic mass is 10.0. The molecule has 8 heteroatoms. The van der Waals surface area contributed by atoms with Gasteiger partial charge in [0.05, 0.1) is 6.20 Å². The van der Waals surface area contributed by atoms with Gasteiger partial charge in [0, 0.05) is 26.2 Å². The number of carbonyl (C=O) groups excluding carboxylic acids is 1. The van der Waals surface area contributed by atoms with Gasteiger partial charge in [-0.2, -0.15) is 8.78 Å². The van der Waals surface area contributed by atoms with E-state index >= 15 is 0 Å². The number of alkyl halides is 2. The van der Waals surface area contributed by atoms with E-state index in [-0.39, 0.29) is 30.3 Å². The van der Waals surface area contributed by atoms with Crippen LogP contribution in [0.1, 0.15) is 26.0 Å². The maximum absolute atomic E-state index is 13.3. The van der Waals surface area contributed by atoms with Gasteiger partial charge in [-0.3, -0.25) is 14.8 Å². The van der Waals surface area contributed by atoms with Gasteiger partial charge in [0.2, 0.25) is 0 Å². The van der Waals surface area contributed by atoms with Gasteiger partial charge in [0.15, 0.2) is 5.83 Å². The molecule has 0 saturated carbocycles. The first-order valence-corrected chi connectivity index (χ1v) is 8.87. The molecule has 1 aliphatic rings. The first-order valence-electron chi connectivity index (χ1n) is 8.87. The van der Waals surface area contributed by atoms with Crippen molar-refractivity contribution in [2.45, 2.75) is 26.2 Å². The summed E-state index contributed by atoms with van der Waals surface area (Å²) in [5.41, 5.74) is 0.845. The average Bonchev–Trinajstić information content (AvgIpc) is 2.68. The molecule has 0 fully saturated rings. The third-order valence-electron chi connectivity index (χ3n) is 4.08. The van der Waals surface area contributed by atoms with Crippen LogP contribution in [0.5, 0.6) is 5.75 Å². The lowest BCUT2D eigenvalue weighted by molar-refractivity contribution is -0.128. The van der Waals surface area contributed by atoms with Crippen LogP contribution in [0.15, 0.2) is 72.0 Å². The number of amides is 1. The fourth-order valence-electron chi connectivity index (χ4n) is 2.61. The highest BCUT2D eigenvalue weighted by Gasteiger charge is 2.26. The molecule has 0 saturated heterocycles. The molecule has 1 amide bonds. The quantitative estimate of drug-likeness (QED) is 0.375. The predicted octanol–water partition coefficient (Wildman–Crippen LogP) is 4.70. The van der Waals surface area contributed by atoms with Crippen LogP contribution in [0.2, 0.25) is 0 Å². The highest BCUT2D eigenvalue weighted by Crippen LogP contribution is 2.27. The lowest BCUT2D eigenvalue weighted by Crippen LogP contribution is -2.36. The van der Waals surface area contributed by atoms with Gasteiger partial charge in [-0.1, -0.05) is 25.3 Å². The molecular weight excluding hydrogens is 383 g/mol. The zero-order valence-electron chi connectivity index (χ0n) is 16.3. The summed E-state index contributed by atoms with van der Waals surface area (Å²) in [6, 6.07) is 2.55. The number of nitrogens with zero attached hydrogens (tertiary/aromatic N) is 3. The summed E-state index contributed by atoms with van der Waals surface area (Å²) in [5, 5.41) is 0. The van der Waals surface area contributed by atoms with Crippen LogP contribution in [0.4, 0.5) is 13.2 Å². The van der Waals surface area contributed by atoms with Crippen LogP contribution < -0.4 is 4.74 Å². The largest absolute Gasteiger partial charge is 0.454 e. The van der Waals surface area contributed by atoms with Crippen LogP contribution in [0.25, 0.3) is 0 Å². The molecule has 0 aliphatic carbocycles. The van der Waals surface area contributed by atoms with E-state index < -0.39 is 17.7 Å². The number of carbonyl (C=O) groups is 1. The Morgan fingerprint density at radius 2 is 2.10 bits per heavy atom. The van der Waals surface area contributed by atoms with E-state index in [4.69, 9.17) is 4.74 Å². The minimum atomic E-state index is -3.05. The predicted molar refractivity (Wildman–Crippen MR) is 105 cm³/mol. The van der Waals surface area contributed by atoms with Gasteiger partial charge >= 0.3 is 0 Å². The average molecular weight is 405 g/mol. The molecule has 0 spiro atoms. The first-order chi connectivity index (χ1) is 13.6. The van der Waals surface area contributed by atoms with E-state index in [1.807, 2.05) is 0 Å². The van der Waals surface area contributed by atoms with Crippen LogP contribution in [-0.4, -0.2) is 34.6 Å². The number of aromatic nitrogens is 1. The molecule has 0 unspecified atom stereocenters. The maximum atomic E-state index is 13.3. The topological polar surface area (TPSA) is 54.8 Å². The van der Waals surface area contributed by atoms with Crippen LogP contribution in [-0.2, 0) is 10.7 Å². The Kier molecular flexibility index (Phi) is 7.14. The Balaban J connectivity index is 2.17. The summed E-state index contributed by atoms with van der Waals surface area (Å²) < 4.78 is 45.3. The summed E-state index contributed by atoms with van der Waals surface area (Å²) in [6.07, 6.45) is 6.62. The molecule has 154 valence electrons. The molecule has 1 aliphatic heterocycles. The Morgan fingerprint density at radius 3 is 2.59 bits per heavy atom. The van der Waals surface area contributed by atoms with Crippen molar-refractivity contribution in [3.63, 3.8) is 0 Å². The number of allylic oxidation sites excluding steroid dienone is 2. The van der Waals surface area contributed by atoms with Crippen molar-refractivity contribution in [3.8, 4) is 5.75 Å². The summed E-state index contributed by atoms with van der Waals surface area (Å²) in [7, 11) is 0. The number of rotatable bonds is 7. The highest BCUT2D eigenvalue weighted by molar-refractivity contribution is 6.11. The van der Waals surface area contributed by atoms with E-state index in [9.17, 15) is 18.0 Å². The van der Waals surface area contributed by atoms with Gasteiger partial charge in [0.25, 0.3) is 11.8 Å². The molecule has 1 aromatic rings. The third-order valence-corrected chi connectivity index (χ3v) is 4.08. The maximum Gasteiger partial charge on any atom is 0.286 e. The van der Waals surface area contributed by atoms with Crippen molar-refractivity contribution in [1.29, 1.82) is 0 Å². The minimum absolute atomic E-state index is 0.196. The number of hydrogen-bond donors (Lipinski definition) is 0. The van der Waals surface area contributed by atoms with Crippen molar-refractivity contribution in [3.05, 3.63) is 72.7 Å². The van der Waals surface area contributed by atoms with Gasteiger partial charge < -0.3 is 9.64 Å². The lowest BCUT2D eigenvalue weighted by Gasteiger charge is -2.26.